The third-order valence-corrected chi connectivity index (χ3v) is 4.20. The Labute approximate surface area is 167 Å². The van der Waals surface area contributed by atoms with Crippen LogP contribution in [0.2, 0.25) is 0 Å². The molecule has 0 fully saturated rings. The third-order valence-electron chi connectivity index (χ3n) is 4.20. The molecule has 3 aromatic rings. The second kappa shape index (κ2) is 8.98. The Morgan fingerprint density at radius 1 is 1.24 bits per heavy atom. The Kier molecular flexibility index (Phi) is 6.20. The average molecular weight is 395 g/mol. The smallest absolute Gasteiger partial charge is 0.328 e. The number of nitrogens with two attached hydrogens (primary N) is 1. The van der Waals surface area contributed by atoms with Crippen LogP contribution in [0, 0.1) is 0 Å². The molecule has 0 aliphatic heterocycles. The molecule has 0 radical (unpaired) electrons. The Balaban J connectivity index is 1.68. The lowest BCUT2D eigenvalue weighted by molar-refractivity contribution is -0.141. The van der Waals surface area contributed by atoms with E-state index in [9.17, 15) is 14.7 Å². The van der Waals surface area contributed by atoms with Crippen molar-refractivity contribution >= 4 is 17.7 Å². The molecule has 3 rings (SSSR count). The second-order valence-corrected chi connectivity index (χ2v) is 6.42. The number of ether oxygens (including phenoxy) is 1. The molecule has 2 aromatic heterocycles. The van der Waals surface area contributed by atoms with Crippen LogP contribution in [0.15, 0.2) is 55.0 Å². The molecule has 1 amide bonds. The highest BCUT2D eigenvalue weighted by molar-refractivity contribution is 6.01. The molecule has 150 valence electrons. The molecule has 0 bridgehead atoms. The Hall–Kier alpha value is -3.72. The van der Waals surface area contributed by atoms with E-state index in [0.29, 0.717) is 5.56 Å². The number of anilines is 1. The number of rotatable bonds is 8. The normalized spacial score (nSPS) is 11.8. The number of carboxylic acid groups (broad SMARTS) is 1. The van der Waals surface area contributed by atoms with Gasteiger partial charge < -0.3 is 20.9 Å². The number of aliphatic carboxylic acids is 1. The van der Waals surface area contributed by atoms with Gasteiger partial charge in [-0.3, -0.25) is 9.48 Å². The van der Waals surface area contributed by atoms with Crippen molar-refractivity contribution in [1.82, 2.24) is 20.1 Å². The Bertz CT molecular complexity index is 1000. The van der Waals surface area contributed by atoms with Crippen LogP contribution >= 0.6 is 0 Å². The van der Waals surface area contributed by atoms with Crippen molar-refractivity contribution < 1.29 is 19.4 Å². The summed E-state index contributed by atoms with van der Waals surface area (Å²) in [5.41, 5.74) is 8.22. The second-order valence-electron chi connectivity index (χ2n) is 6.42. The van der Waals surface area contributed by atoms with Gasteiger partial charge >= 0.3 is 5.97 Å². The van der Waals surface area contributed by atoms with Crippen molar-refractivity contribution in [2.45, 2.75) is 12.6 Å². The van der Waals surface area contributed by atoms with Crippen molar-refractivity contribution in [2.24, 2.45) is 7.05 Å². The molecule has 9 heteroatoms. The van der Waals surface area contributed by atoms with Gasteiger partial charge in [-0.05, 0) is 11.6 Å². The minimum Gasteiger partial charge on any atom is -0.480 e. The molecule has 0 aliphatic rings. The number of pyridine rings is 1. The molecule has 1 aromatic carbocycles. The number of nitrogen functional groups attached to an aromatic ring is 1. The maximum Gasteiger partial charge on any atom is 0.328 e. The lowest BCUT2D eigenvalue weighted by Crippen LogP contribution is -2.44. The average Bonchev–Trinajstić information content (AvgIpc) is 3.14. The van der Waals surface area contributed by atoms with Gasteiger partial charge in [0.25, 0.3) is 5.91 Å². The van der Waals surface area contributed by atoms with Gasteiger partial charge in [0.1, 0.15) is 5.82 Å². The minimum atomic E-state index is -1.23. The lowest BCUT2D eigenvalue weighted by atomic mass is 10.1. The quantitative estimate of drug-likeness (QED) is 0.526. The molecule has 0 saturated heterocycles. The number of aryl methyl sites for hydroxylation is 1. The number of aromatic nitrogens is 3. The van der Waals surface area contributed by atoms with E-state index in [2.05, 4.69) is 15.4 Å². The van der Waals surface area contributed by atoms with Crippen molar-refractivity contribution in [3.63, 3.8) is 0 Å². The summed E-state index contributed by atoms with van der Waals surface area (Å²) in [4.78, 5) is 28.2. The van der Waals surface area contributed by atoms with E-state index in [-0.39, 0.29) is 24.6 Å². The maximum atomic E-state index is 12.6. The topological polar surface area (TPSA) is 132 Å². The van der Waals surface area contributed by atoms with Gasteiger partial charge in [0.2, 0.25) is 0 Å². The summed E-state index contributed by atoms with van der Waals surface area (Å²) in [6, 6.07) is 9.66. The summed E-state index contributed by atoms with van der Waals surface area (Å²) >= 11 is 0. The monoisotopic (exact) mass is 395 g/mol. The number of hydrogen-bond donors (Lipinski definition) is 3. The summed E-state index contributed by atoms with van der Waals surface area (Å²) in [5.74, 6) is -1.85. The van der Waals surface area contributed by atoms with Crippen LogP contribution in [-0.2, 0) is 23.2 Å². The largest absolute Gasteiger partial charge is 0.480 e. The van der Waals surface area contributed by atoms with Gasteiger partial charge in [-0.25, -0.2) is 9.78 Å². The van der Waals surface area contributed by atoms with Crippen molar-refractivity contribution in [3.05, 3.63) is 66.1 Å². The molecule has 0 aliphatic carbocycles. The summed E-state index contributed by atoms with van der Waals surface area (Å²) in [6.07, 6.45) is 4.93. The van der Waals surface area contributed by atoms with Crippen LogP contribution < -0.4 is 11.1 Å². The number of nitrogens with zero attached hydrogens (tertiary/aromatic N) is 3. The molecule has 1 unspecified atom stereocenters. The van der Waals surface area contributed by atoms with Crippen molar-refractivity contribution in [2.75, 3.05) is 12.3 Å². The first-order chi connectivity index (χ1) is 13.9. The fourth-order valence-electron chi connectivity index (χ4n) is 2.66. The molecular weight excluding hydrogens is 374 g/mol. The maximum absolute atomic E-state index is 12.6. The highest BCUT2D eigenvalue weighted by atomic mass is 16.5. The fraction of sp³-hybridized carbons (Fsp3) is 0.200. The summed E-state index contributed by atoms with van der Waals surface area (Å²) in [6.45, 7) is 0.0479. The number of hydrogen-bond acceptors (Lipinski definition) is 6. The molecule has 9 nitrogen and oxygen atoms in total. The van der Waals surface area contributed by atoms with Crippen LogP contribution in [0.3, 0.4) is 0 Å². The Morgan fingerprint density at radius 3 is 2.66 bits per heavy atom. The molecule has 2 heterocycles. The number of amides is 1. The first-order valence-corrected chi connectivity index (χ1v) is 8.84. The van der Waals surface area contributed by atoms with E-state index in [0.717, 1.165) is 11.1 Å². The van der Waals surface area contributed by atoms with Crippen molar-refractivity contribution in [1.29, 1.82) is 0 Å². The van der Waals surface area contributed by atoms with E-state index in [1.54, 1.807) is 30.2 Å². The standard InChI is InChI=1S/C20H21N5O4/c1-25-10-15(9-23-25)14-7-16(18(21)22-8-14)19(26)24-17(20(27)28)12-29-11-13-5-3-2-4-6-13/h2-10,17H,11-12H2,1H3,(H2,21,22)(H,24,26)(H,27,28). The summed E-state index contributed by atoms with van der Waals surface area (Å²) in [5, 5.41) is 15.9. The van der Waals surface area contributed by atoms with Crippen LogP contribution in [0.25, 0.3) is 11.1 Å². The van der Waals surface area contributed by atoms with Gasteiger partial charge in [0.05, 0.1) is 25.0 Å². The third kappa shape index (κ3) is 5.17. The number of nitrogens with one attached hydrogen (secondary N) is 1. The number of carbonyl (C=O) groups excluding carboxylic acids is 1. The van der Waals surface area contributed by atoms with Gasteiger partial charge in [-0.15, -0.1) is 0 Å². The number of carboxylic acids is 1. The predicted molar refractivity (Wildman–Crippen MR) is 106 cm³/mol. The van der Waals surface area contributed by atoms with Crippen molar-refractivity contribution in [3.8, 4) is 11.1 Å². The SMILES string of the molecule is Cn1cc(-c2cnc(N)c(C(=O)NC(COCc3ccccc3)C(=O)O)c2)cn1. The van der Waals surface area contributed by atoms with Crippen LogP contribution in [0.1, 0.15) is 15.9 Å². The summed E-state index contributed by atoms with van der Waals surface area (Å²) in [7, 11) is 1.77. The van der Waals surface area contributed by atoms with Gasteiger partial charge in [-0.2, -0.15) is 5.10 Å². The lowest BCUT2D eigenvalue weighted by Gasteiger charge is -2.16. The van der Waals surface area contributed by atoms with Gasteiger partial charge in [-0.1, -0.05) is 30.3 Å². The number of carbonyl (C=O) groups is 2. The Morgan fingerprint density at radius 2 is 2.00 bits per heavy atom. The molecule has 4 N–H and O–H groups in total. The van der Waals surface area contributed by atoms with E-state index in [4.69, 9.17) is 10.5 Å². The van der Waals surface area contributed by atoms with E-state index < -0.39 is 17.9 Å². The molecule has 0 spiro atoms. The number of benzene rings is 1. The van der Waals surface area contributed by atoms with Crippen LogP contribution in [-0.4, -0.2) is 44.4 Å². The highest BCUT2D eigenvalue weighted by Crippen LogP contribution is 2.21. The fourth-order valence-corrected chi connectivity index (χ4v) is 2.66. The van der Waals surface area contributed by atoms with Crippen LogP contribution in [0.5, 0.6) is 0 Å². The molecule has 1 atom stereocenters. The van der Waals surface area contributed by atoms with E-state index >= 15 is 0 Å². The zero-order valence-corrected chi connectivity index (χ0v) is 15.8. The zero-order valence-electron chi connectivity index (χ0n) is 15.8. The first-order valence-electron chi connectivity index (χ1n) is 8.84. The van der Waals surface area contributed by atoms with E-state index in [1.807, 2.05) is 30.3 Å². The summed E-state index contributed by atoms with van der Waals surface area (Å²) < 4.78 is 7.07. The van der Waals surface area contributed by atoms with Gasteiger partial charge in [0.15, 0.2) is 6.04 Å². The first kappa shape index (κ1) is 20.0. The van der Waals surface area contributed by atoms with Crippen LogP contribution in [0.4, 0.5) is 5.82 Å². The van der Waals surface area contributed by atoms with Gasteiger partial charge in [0, 0.05) is 30.6 Å². The molecule has 29 heavy (non-hydrogen) atoms. The molecular formula is C20H21N5O4. The molecule has 0 saturated carbocycles. The minimum absolute atomic E-state index is 0.00415. The van der Waals surface area contributed by atoms with E-state index in [1.165, 1.54) is 6.20 Å². The highest BCUT2D eigenvalue weighted by Gasteiger charge is 2.23. The predicted octanol–water partition coefficient (Wildman–Crippen LogP) is 1.46. The zero-order chi connectivity index (χ0) is 20.8.